The van der Waals surface area contributed by atoms with Gasteiger partial charge in [0.05, 0.1) is 6.04 Å². The summed E-state index contributed by atoms with van der Waals surface area (Å²) in [5, 5.41) is 26.6. The van der Waals surface area contributed by atoms with Gasteiger partial charge in [-0.1, -0.05) is 19.9 Å². The van der Waals surface area contributed by atoms with Gasteiger partial charge in [-0.25, -0.2) is 0 Å². The van der Waals surface area contributed by atoms with Crippen molar-refractivity contribution in [1.29, 1.82) is 0 Å². The quantitative estimate of drug-likeness (QED) is 0.676. The van der Waals surface area contributed by atoms with Gasteiger partial charge < -0.3 is 15.2 Å². The Labute approximate surface area is 150 Å². The minimum absolute atomic E-state index is 0.150. The van der Waals surface area contributed by atoms with Crippen molar-refractivity contribution in [3.63, 3.8) is 0 Å². The first kappa shape index (κ1) is 16.6. The summed E-state index contributed by atoms with van der Waals surface area (Å²) in [4.78, 5) is 12.9. The molecule has 4 rings (SSSR count). The first-order valence-electron chi connectivity index (χ1n) is 8.76. The molecule has 26 heavy (non-hydrogen) atoms. The molecule has 3 aromatic heterocycles. The van der Waals surface area contributed by atoms with Crippen molar-refractivity contribution in [2.75, 3.05) is 13.1 Å². The molecule has 0 aromatic carbocycles. The molecule has 3 aromatic rings. The van der Waals surface area contributed by atoms with Crippen molar-refractivity contribution >= 4 is 11.6 Å². The van der Waals surface area contributed by atoms with Crippen LogP contribution in [0.3, 0.4) is 0 Å². The van der Waals surface area contributed by atoms with Crippen LogP contribution in [0.5, 0.6) is 0 Å². The molecule has 2 N–H and O–H groups in total. The van der Waals surface area contributed by atoms with E-state index in [4.69, 9.17) is 0 Å². The van der Waals surface area contributed by atoms with E-state index in [1.807, 2.05) is 0 Å². The van der Waals surface area contributed by atoms with Gasteiger partial charge in [0, 0.05) is 26.1 Å². The van der Waals surface area contributed by atoms with Crippen molar-refractivity contribution in [2.45, 2.75) is 32.9 Å². The van der Waals surface area contributed by atoms with Gasteiger partial charge in [-0.05, 0) is 28.5 Å². The number of nitrogens with zero attached hydrogens (tertiary/aromatic N) is 7. The lowest BCUT2D eigenvalue weighted by molar-refractivity contribution is 0.0914. The SMILES string of the molecule is CC(C)[C@H](NC(=O)c1cccc2nnnn12)c1nnc2n1CCNCC2. The molecule has 1 atom stereocenters. The fourth-order valence-electron chi connectivity index (χ4n) is 3.21. The number of amides is 1. The summed E-state index contributed by atoms with van der Waals surface area (Å²) in [6, 6.07) is 4.96. The summed E-state index contributed by atoms with van der Waals surface area (Å²) in [5.41, 5.74) is 0.914. The van der Waals surface area contributed by atoms with Crippen molar-refractivity contribution in [3.8, 4) is 0 Å². The van der Waals surface area contributed by atoms with Gasteiger partial charge in [0.25, 0.3) is 5.91 Å². The summed E-state index contributed by atoms with van der Waals surface area (Å²) in [6.45, 7) is 6.65. The second-order valence-corrected chi connectivity index (χ2v) is 6.68. The van der Waals surface area contributed by atoms with Gasteiger partial charge in [0.2, 0.25) is 0 Å². The van der Waals surface area contributed by atoms with Crippen LogP contribution in [0.25, 0.3) is 5.65 Å². The number of aromatic nitrogens is 7. The molecule has 0 unspecified atom stereocenters. The average Bonchev–Trinajstić information content (AvgIpc) is 3.20. The van der Waals surface area contributed by atoms with Crippen molar-refractivity contribution in [2.24, 2.45) is 5.92 Å². The Hall–Kier alpha value is -2.88. The molecule has 136 valence electrons. The van der Waals surface area contributed by atoms with Crippen LogP contribution in [-0.2, 0) is 13.0 Å². The number of carbonyl (C=O) groups excluding carboxylic acids is 1. The normalized spacial score (nSPS) is 15.7. The first-order valence-corrected chi connectivity index (χ1v) is 8.76. The van der Waals surface area contributed by atoms with Gasteiger partial charge in [0.1, 0.15) is 11.5 Å². The minimum Gasteiger partial charge on any atom is -0.340 e. The van der Waals surface area contributed by atoms with Gasteiger partial charge in [-0.15, -0.1) is 15.3 Å². The molecule has 1 aliphatic rings. The molecule has 10 heteroatoms. The monoisotopic (exact) mass is 355 g/mol. The van der Waals surface area contributed by atoms with Crippen molar-refractivity contribution in [3.05, 3.63) is 35.5 Å². The Balaban J connectivity index is 1.65. The smallest absolute Gasteiger partial charge is 0.270 e. The number of hydrogen-bond donors (Lipinski definition) is 2. The fraction of sp³-hybridized carbons (Fsp3) is 0.500. The topological polar surface area (TPSA) is 115 Å². The Kier molecular flexibility index (Phi) is 4.33. The first-order chi connectivity index (χ1) is 12.6. The van der Waals surface area contributed by atoms with E-state index >= 15 is 0 Å². The Morgan fingerprint density at radius 1 is 1.23 bits per heavy atom. The Bertz CT molecular complexity index is 929. The molecule has 0 spiro atoms. The third kappa shape index (κ3) is 2.92. The van der Waals surface area contributed by atoms with E-state index in [1.165, 1.54) is 4.52 Å². The number of hydrogen-bond acceptors (Lipinski definition) is 7. The zero-order chi connectivity index (χ0) is 18.1. The van der Waals surface area contributed by atoms with E-state index in [0.717, 1.165) is 37.7 Å². The summed E-state index contributed by atoms with van der Waals surface area (Å²) >= 11 is 0. The van der Waals surface area contributed by atoms with E-state index in [2.05, 4.69) is 54.8 Å². The zero-order valence-electron chi connectivity index (χ0n) is 14.8. The molecule has 1 amide bonds. The van der Waals surface area contributed by atoms with Crippen LogP contribution in [0.4, 0.5) is 0 Å². The number of rotatable bonds is 4. The average molecular weight is 355 g/mol. The highest BCUT2D eigenvalue weighted by Crippen LogP contribution is 2.22. The highest BCUT2D eigenvalue weighted by molar-refractivity contribution is 5.93. The van der Waals surface area contributed by atoms with Crippen LogP contribution in [0, 0.1) is 5.92 Å². The predicted molar refractivity (Wildman–Crippen MR) is 92.4 cm³/mol. The van der Waals surface area contributed by atoms with E-state index in [-0.39, 0.29) is 17.9 Å². The lowest BCUT2D eigenvalue weighted by atomic mass is 10.0. The highest BCUT2D eigenvalue weighted by atomic mass is 16.2. The van der Waals surface area contributed by atoms with Crippen LogP contribution >= 0.6 is 0 Å². The third-order valence-electron chi connectivity index (χ3n) is 4.58. The maximum atomic E-state index is 12.9. The van der Waals surface area contributed by atoms with E-state index in [9.17, 15) is 4.79 Å². The lowest BCUT2D eigenvalue weighted by Crippen LogP contribution is -2.35. The predicted octanol–water partition coefficient (Wildman–Crippen LogP) is -0.0114. The number of carbonyl (C=O) groups is 1. The molecule has 10 nitrogen and oxygen atoms in total. The van der Waals surface area contributed by atoms with Crippen molar-refractivity contribution in [1.82, 2.24) is 45.4 Å². The third-order valence-corrected chi connectivity index (χ3v) is 4.58. The van der Waals surface area contributed by atoms with Crippen LogP contribution in [0.2, 0.25) is 0 Å². The van der Waals surface area contributed by atoms with E-state index in [0.29, 0.717) is 11.3 Å². The maximum absolute atomic E-state index is 12.9. The molecule has 0 bridgehead atoms. The summed E-state index contributed by atoms with van der Waals surface area (Å²) < 4.78 is 3.55. The summed E-state index contributed by atoms with van der Waals surface area (Å²) in [5.74, 6) is 1.64. The highest BCUT2D eigenvalue weighted by Gasteiger charge is 2.27. The molecule has 1 aliphatic heterocycles. The van der Waals surface area contributed by atoms with Crippen LogP contribution in [0.1, 0.15) is 42.0 Å². The van der Waals surface area contributed by atoms with Gasteiger partial charge in [0.15, 0.2) is 11.5 Å². The number of tetrazole rings is 1. The number of pyridine rings is 1. The molecular formula is C16H21N9O. The molecular weight excluding hydrogens is 334 g/mol. The van der Waals surface area contributed by atoms with Gasteiger partial charge >= 0.3 is 0 Å². The van der Waals surface area contributed by atoms with Crippen LogP contribution < -0.4 is 10.6 Å². The lowest BCUT2D eigenvalue weighted by Gasteiger charge is -2.22. The minimum atomic E-state index is -0.256. The summed E-state index contributed by atoms with van der Waals surface area (Å²) in [7, 11) is 0. The fourth-order valence-corrected chi connectivity index (χ4v) is 3.21. The molecule has 0 saturated heterocycles. The second kappa shape index (κ2) is 6.79. The zero-order valence-corrected chi connectivity index (χ0v) is 14.8. The number of fused-ring (bicyclic) bond motifs is 2. The molecule has 0 fully saturated rings. The molecule has 0 radical (unpaired) electrons. The van der Waals surface area contributed by atoms with E-state index in [1.54, 1.807) is 18.2 Å². The van der Waals surface area contributed by atoms with Crippen LogP contribution in [-0.4, -0.2) is 53.8 Å². The number of nitrogens with one attached hydrogen (secondary N) is 2. The van der Waals surface area contributed by atoms with Crippen molar-refractivity contribution < 1.29 is 4.79 Å². The largest absolute Gasteiger partial charge is 0.340 e. The van der Waals surface area contributed by atoms with E-state index < -0.39 is 0 Å². The molecule has 0 saturated carbocycles. The van der Waals surface area contributed by atoms with Crippen LogP contribution in [0.15, 0.2) is 18.2 Å². The summed E-state index contributed by atoms with van der Waals surface area (Å²) in [6.07, 6.45) is 0.829. The van der Waals surface area contributed by atoms with Gasteiger partial charge in [-0.2, -0.15) is 4.52 Å². The standard InChI is InChI=1S/C16H21N9O/c1-10(2)14(15-21-19-12-6-7-17-8-9-24(12)15)18-16(26)11-4-3-5-13-20-22-23-25(11)13/h3-5,10,14,17H,6-9H2,1-2H3,(H,18,26)/t14-/m0/s1. The maximum Gasteiger partial charge on any atom is 0.270 e. The second-order valence-electron chi connectivity index (χ2n) is 6.68. The molecule has 0 aliphatic carbocycles. The Morgan fingerprint density at radius 3 is 2.96 bits per heavy atom. The van der Waals surface area contributed by atoms with Gasteiger partial charge in [-0.3, -0.25) is 4.79 Å². The molecule has 4 heterocycles. The Morgan fingerprint density at radius 2 is 2.12 bits per heavy atom.